The van der Waals surface area contributed by atoms with Crippen LogP contribution < -0.4 is 0 Å². The summed E-state index contributed by atoms with van der Waals surface area (Å²) >= 11 is 0. The third kappa shape index (κ3) is 35.1. The van der Waals surface area contributed by atoms with E-state index in [9.17, 15) is 5.11 Å². The molecule has 0 aromatic carbocycles. The summed E-state index contributed by atoms with van der Waals surface area (Å²) in [6.45, 7) is 13.0. The number of hydrogen-bond acceptors (Lipinski definition) is 2. The molecule has 0 fully saturated rings. The predicted molar refractivity (Wildman–Crippen MR) is 206 cm³/mol. The van der Waals surface area contributed by atoms with Crippen molar-refractivity contribution in [3.8, 4) is 0 Å². The molecule has 0 heterocycles. The first-order valence-corrected chi connectivity index (χ1v) is 21.5. The molecule has 45 heavy (non-hydrogen) atoms. The Balaban J connectivity index is 3.92. The molecule has 1 N–H and O–H groups in total. The maximum Gasteiger partial charge on any atom is 0.0558 e. The van der Waals surface area contributed by atoms with Gasteiger partial charge in [0.2, 0.25) is 0 Å². The van der Waals surface area contributed by atoms with Gasteiger partial charge in [-0.05, 0) is 37.8 Å². The molecule has 0 radical (unpaired) electrons. The van der Waals surface area contributed by atoms with Crippen LogP contribution >= 0.6 is 0 Å². The van der Waals surface area contributed by atoms with Crippen LogP contribution in [0.3, 0.4) is 0 Å². The van der Waals surface area contributed by atoms with Gasteiger partial charge in [0.15, 0.2) is 0 Å². The first-order chi connectivity index (χ1) is 22.2. The third-order valence-electron chi connectivity index (χ3n) is 10.7. The molecule has 272 valence electrons. The van der Waals surface area contributed by atoms with Crippen molar-refractivity contribution in [3.05, 3.63) is 0 Å². The van der Waals surface area contributed by atoms with Crippen LogP contribution in [0.4, 0.5) is 0 Å². The molecule has 0 aromatic heterocycles. The van der Waals surface area contributed by atoms with E-state index in [1.807, 2.05) is 0 Å². The van der Waals surface area contributed by atoms with Gasteiger partial charge in [-0.2, -0.15) is 0 Å². The number of aliphatic hydroxyl groups excluding tert-OH is 1. The van der Waals surface area contributed by atoms with Crippen LogP contribution in [0.15, 0.2) is 0 Å². The Hall–Kier alpha value is -0.0800. The van der Waals surface area contributed by atoms with E-state index < -0.39 is 0 Å². The van der Waals surface area contributed by atoms with Gasteiger partial charge in [-0.25, -0.2) is 0 Å². The van der Waals surface area contributed by atoms with Crippen molar-refractivity contribution in [1.29, 1.82) is 0 Å². The first-order valence-electron chi connectivity index (χ1n) is 21.5. The van der Waals surface area contributed by atoms with Crippen LogP contribution in [-0.2, 0) is 0 Å². The zero-order chi connectivity index (χ0) is 32.9. The molecule has 2 nitrogen and oxygen atoms in total. The number of hydrogen-bond donors (Lipinski definition) is 1. The van der Waals surface area contributed by atoms with E-state index in [1.54, 1.807) is 0 Å². The van der Waals surface area contributed by atoms with Crippen LogP contribution in [-0.4, -0.2) is 36.2 Å². The summed E-state index contributed by atoms with van der Waals surface area (Å²) in [7, 11) is 0. The highest BCUT2D eigenvalue weighted by Crippen LogP contribution is 2.25. The van der Waals surface area contributed by atoms with Crippen molar-refractivity contribution in [2.24, 2.45) is 11.8 Å². The molecule has 0 aromatic rings. The molecular weight excluding hydrogens is 546 g/mol. The lowest BCUT2D eigenvalue weighted by molar-refractivity contribution is 0.190. The smallest absolute Gasteiger partial charge is 0.0558 e. The Labute approximate surface area is 287 Å². The minimum absolute atomic E-state index is 0.314. The van der Waals surface area contributed by atoms with Gasteiger partial charge < -0.3 is 10.0 Å². The largest absolute Gasteiger partial charge is 0.395 e. The summed E-state index contributed by atoms with van der Waals surface area (Å²) in [6, 6.07) is 0. The number of aliphatic hydroxyl groups is 1. The molecule has 1 atom stereocenters. The van der Waals surface area contributed by atoms with E-state index in [0.29, 0.717) is 6.61 Å². The third-order valence-corrected chi connectivity index (χ3v) is 10.7. The Morgan fingerprint density at radius 3 is 0.978 bits per heavy atom. The van der Waals surface area contributed by atoms with Crippen molar-refractivity contribution >= 4 is 0 Å². The van der Waals surface area contributed by atoms with Gasteiger partial charge in [-0.1, -0.05) is 227 Å². The maximum absolute atomic E-state index is 9.59. The molecule has 0 rings (SSSR count). The van der Waals surface area contributed by atoms with E-state index in [0.717, 1.165) is 18.4 Å². The first kappa shape index (κ1) is 44.9. The lowest BCUT2D eigenvalue weighted by atomic mass is 9.89. The van der Waals surface area contributed by atoms with Gasteiger partial charge in [0.05, 0.1) is 6.61 Å². The molecular formula is C43H89NO. The monoisotopic (exact) mass is 636 g/mol. The molecule has 1 unspecified atom stereocenters. The van der Waals surface area contributed by atoms with E-state index in [2.05, 4.69) is 32.6 Å². The zero-order valence-electron chi connectivity index (χ0n) is 32.2. The fraction of sp³-hybridized carbons (Fsp3) is 1.00. The van der Waals surface area contributed by atoms with Crippen LogP contribution in [0.5, 0.6) is 0 Å². The van der Waals surface area contributed by atoms with E-state index in [-0.39, 0.29) is 0 Å². The summed E-state index contributed by atoms with van der Waals surface area (Å²) < 4.78 is 0. The SMILES string of the molecule is CCCCCCCCCC(C)CCCCCCN(CCO)CCCCCCCC(CCCCCCCC)CCCCCCCC. The normalized spacial score (nSPS) is 12.6. The molecule has 0 aliphatic heterocycles. The molecule has 2 heteroatoms. The maximum atomic E-state index is 9.59. The van der Waals surface area contributed by atoms with Gasteiger partial charge in [0, 0.05) is 6.54 Å². The molecule has 0 spiro atoms. The number of unbranched alkanes of at least 4 members (excludes halogenated alkanes) is 23. The minimum Gasteiger partial charge on any atom is -0.395 e. The number of rotatable bonds is 39. The molecule has 0 saturated carbocycles. The lowest BCUT2D eigenvalue weighted by Crippen LogP contribution is -2.29. The van der Waals surface area contributed by atoms with E-state index >= 15 is 0 Å². The second kappa shape index (κ2) is 38.4. The summed E-state index contributed by atoms with van der Waals surface area (Å²) in [5.74, 6) is 1.91. The average molecular weight is 636 g/mol. The fourth-order valence-electron chi connectivity index (χ4n) is 7.41. The van der Waals surface area contributed by atoms with E-state index in [1.165, 1.54) is 225 Å². The minimum atomic E-state index is 0.314. The summed E-state index contributed by atoms with van der Waals surface area (Å²) in [5.41, 5.74) is 0. The summed E-state index contributed by atoms with van der Waals surface area (Å²) in [5, 5.41) is 9.59. The standard InChI is InChI=1S/C43H89NO/c1-5-8-11-14-17-19-26-33-42(4)34-27-23-25-32-39-44(40-41-45)38-31-24-18-22-30-37-43(35-28-20-15-12-9-6-2)36-29-21-16-13-10-7-3/h42-43,45H,5-41H2,1-4H3. The average Bonchev–Trinajstić information content (AvgIpc) is 3.04. The van der Waals surface area contributed by atoms with Crippen molar-refractivity contribution < 1.29 is 5.11 Å². The van der Waals surface area contributed by atoms with Crippen LogP contribution in [0.2, 0.25) is 0 Å². The highest BCUT2D eigenvalue weighted by atomic mass is 16.3. The Kier molecular flexibility index (Phi) is 38.3. The second-order valence-corrected chi connectivity index (χ2v) is 15.3. The van der Waals surface area contributed by atoms with Crippen LogP contribution in [0.25, 0.3) is 0 Å². The van der Waals surface area contributed by atoms with Crippen molar-refractivity contribution in [3.63, 3.8) is 0 Å². The Morgan fingerprint density at radius 2 is 0.644 bits per heavy atom. The highest BCUT2D eigenvalue weighted by Gasteiger charge is 2.10. The van der Waals surface area contributed by atoms with Gasteiger partial charge in [-0.3, -0.25) is 0 Å². The Bertz CT molecular complexity index is 506. The zero-order valence-corrected chi connectivity index (χ0v) is 32.2. The quantitative estimate of drug-likeness (QED) is 0.0679. The summed E-state index contributed by atoms with van der Waals surface area (Å²) in [6.07, 6.45) is 47.1. The van der Waals surface area contributed by atoms with Crippen molar-refractivity contribution in [2.45, 2.75) is 240 Å². The van der Waals surface area contributed by atoms with Gasteiger partial charge in [0.25, 0.3) is 0 Å². The molecule has 0 aliphatic rings. The molecule has 0 amide bonds. The molecule has 0 bridgehead atoms. The highest BCUT2D eigenvalue weighted by molar-refractivity contribution is 4.64. The van der Waals surface area contributed by atoms with Crippen molar-refractivity contribution in [1.82, 2.24) is 4.90 Å². The molecule has 0 aliphatic carbocycles. The van der Waals surface area contributed by atoms with Gasteiger partial charge in [0.1, 0.15) is 0 Å². The van der Waals surface area contributed by atoms with Crippen LogP contribution in [0, 0.1) is 11.8 Å². The van der Waals surface area contributed by atoms with Crippen molar-refractivity contribution in [2.75, 3.05) is 26.2 Å². The van der Waals surface area contributed by atoms with E-state index in [4.69, 9.17) is 0 Å². The second-order valence-electron chi connectivity index (χ2n) is 15.3. The lowest BCUT2D eigenvalue weighted by Gasteiger charge is -2.21. The predicted octanol–water partition coefficient (Wildman–Crippen LogP) is 14.5. The topological polar surface area (TPSA) is 23.5 Å². The Morgan fingerprint density at radius 1 is 0.356 bits per heavy atom. The summed E-state index contributed by atoms with van der Waals surface area (Å²) in [4.78, 5) is 2.54. The van der Waals surface area contributed by atoms with Gasteiger partial charge >= 0.3 is 0 Å². The fourth-order valence-corrected chi connectivity index (χ4v) is 7.41. The number of nitrogens with zero attached hydrogens (tertiary/aromatic N) is 1. The van der Waals surface area contributed by atoms with Crippen LogP contribution in [0.1, 0.15) is 240 Å². The molecule has 0 saturated heterocycles. The van der Waals surface area contributed by atoms with Gasteiger partial charge in [-0.15, -0.1) is 0 Å².